The van der Waals surface area contributed by atoms with E-state index in [4.69, 9.17) is 0 Å². The molecule has 114 valence electrons. The number of hydrogen-bond acceptors (Lipinski definition) is 2. The third-order valence-electron chi connectivity index (χ3n) is 3.01. The maximum atomic E-state index is 12.1. The summed E-state index contributed by atoms with van der Waals surface area (Å²) in [6, 6.07) is 14.4. The quantitative estimate of drug-likeness (QED) is 0.726. The van der Waals surface area contributed by atoms with Crippen LogP contribution < -0.4 is 10.6 Å². The SMILES string of the molecule is CCCC(=O)Nc1ccc(C(=O)Nc2ccc(I)cc2)cc1. The van der Waals surface area contributed by atoms with Crippen LogP contribution in [0.15, 0.2) is 48.5 Å². The highest BCUT2D eigenvalue weighted by Gasteiger charge is 2.07. The van der Waals surface area contributed by atoms with Gasteiger partial charge in [-0.25, -0.2) is 0 Å². The molecule has 0 saturated heterocycles. The van der Waals surface area contributed by atoms with E-state index in [-0.39, 0.29) is 11.8 Å². The first kappa shape index (κ1) is 16.5. The summed E-state index contributed by atoms with van der Waals surface area (Å²) in [4.78, 5) is 23.6. The number of amides is 2. The molecule has 0 heterocycles. The Balaban J connectivity index is 1.98. The molecule has 2 N–H and O–H groups in total. The fourth-order valence-electron chi connectivity index (χ4n) is 1.89. The average molecular weight is 408 g/mol. The van der Waals surface area contributed by atoms with Gasteiger partial charge in [0.15, 0.2) is 0 Å². The number of carbonyl (C=O) groups excluding carboxylic acids is 2. The maximum absolute atomic E-state index is 12.1. The van der Waals surface area contributed by atoms with Crippen molar-refractivity contribution in [3.63, 3.8) is 0 Å². The molecule has 0 aromatic heterocycles. The lowest BCUT2D eigenvalue weighted by atomic mass is 10.2. The highest BCUT2D eigenvalue weighted by molar-refractivity contribution is 14.1. The van der Waals surface area contributed by atoms with Crippen LogP contribution in [0.2, 0.25) is 0 Å². The summed E-state index contributed by atoms with van der Waals surface area (Å²) in [5, 5.41) is 5.63. The second-order valence-electron chi connectivity index (χ2n) is 4.84. The molecule has 5 heteroatoms. The van der Waals surface area contributed by atoms with Crippen molar-refractivity contribution in [1.82, 2.24) is 0 Å². The average Bonchev–Trinajstić information content (AvgIpc) is 2.50. The van der Waals surface area contributed by atoms with Crippen LogP contribution in [0.5, 0.6) is 0 Å². The molecule has 4 nitrogen and oxygen atoms in total. The van der Waals surface area contributed by atoms with E-state index in [2.05, 4.69) is 33.2 Å². The van der Waals surface area contributed by atoms with Gasteiger partial charge in [-0.15, -0.1) is 0 Å². The molecule has 0 atom stereocenters. The van der Waals surface area contributed by atoms with Crippen LogP contribution in [0.4, 0.5) is 11.4 Å². The Morgan fingerprint density at radius 2 is 1.45 bits per heavy atom. The number of benzene rings is 2. The highest BCUT2D eigenvalue weighted by atomic mass is 127. The largest absolute Gasteiger partial charge is 0.326 e. The standard InChI is InChI=1S/C17H17IN2O2/c1-2-3-16(21)19-14-8-4-12(5-9-14)17(22)20-15-10-6-13(18)7-11-15/h4-11H,2-3H2,1H3,(H,19,21)(H,20,22). The van der Waals surface area contributed by atoms with Crippen LogP contribution in [0, 0.1) is 3.57 Å². The highest BCUT2D eigenvalue weighted by Crippen LogP contribution is 2.14. The second kappa shape index (κ2) is 7.93. The van der Waals surface area contributed by atoms with E-state index in [1.165, 1.54) is 0 Å². The summed E-state index contributed by atoms with van der Waals surface area (Å²) in [6.07, 6.45) is 1.30. The number of nitrogens with one attached hydrogen (secondary N) is 2. The van der Waals surface area contributed by atoms with E-state index in [1.54, 1.807) is 24.3 Å². The van der Waals surface area contributed by atoms with Gasteiger partial charge in [0.1, 0.15) is 0 Å². The molecule has 0 aliphatic rings. The molecule has 0 unspecified atom stereocenters. The van der Waals surface area contributed by atoms with Crippen molar-refractivity contribution >= 4 is 45.8 Å². The van der Waals surface area contributed by atoms with Gasteiger partial charge in [-0.1, -0.05) is 6.92 Å². The smallest absolute Gasteiger partial charge is 0.255 e. The molecule has 2 aromatic carbocycles. The van der Waals surface area contributed by atoms with Gasteiger partial charge in [0.05, 0.1) is 0 Å². The molecule has 0 fully saturated rings. The van der Waals surface area contributed by atoms with Crippen molar-refractivity contribution in [3.8, 4) is 0 Å². The molecule has 0 radical (unpaired) electrons. The van der Waals surface area contributed by atoms with Gasteiger partial charge in [-0.2, -0.15) is 0 Å². The van der Waals surface area contributed by atoms with E-state index >= 15 is 0 Å². The molecule has 22 heavy (non-hydrogen) atoms. The fraction of sp³-hybridized carbons (Fsp3) is 0.176. The molecular weight excluding hydrogens is 391 g/mol. The van der Waals surface area contributed by atoms with Crippen LogP contribution >= 0.6 is 22.6 Å². The van der Waals surface area contributed by atoms with Gasteiger partial charge in [0.25, 0.3) is 5.91 Å². The van der Waals surface area contributed by atoms with Crippen molar-refractivity contribution in [3.05, 3.63) is 57.7 Å². The maximum Gasteiger partial charge on any atom is 0.255 e. The zero-order chi connectivity index (χ0) is 15.9. The Morgan fingerprint density at radius 1 is 0.909 bits per heavy atom. The van der Waals surface area contributed by atoms with Crippen molar-refractivity contribution in [1.29, 1.82) is 0 Å². The van der Waals surface area contributed by atoms with E-state index in [0.717, 1.165) is 15.7 Å². The van der Waals surface area contributed by atoms with Crippen LogP contribution in [0.25, 0.3) is 0 Å². The summed E-state index contributed by atoms with van der Waals surface area (Å²) >= 11 is 2.21. The monoisotopic (exact) mass is 408 g/mol. The lowest BCUT2D eigenvalue weighted by molar-refractivity contribution is -0.116. The Labute approximate surface area is 143 Å². The predicted octanol–water partition coefficient (Wildman–Crippen LogP) is 4.28. The second-order valence-corrected chi connectivity index (χ2v) is 6.08. The van der Waals surface area contributed by atoms with Crippen molar-refractivity contribution in [2.24, 2.45) is 0 Å². The molecule has 0 aliphatic carbocycles. The summed E-state index contributed by atoms with van der Waals surface area (Å²) < 4.78 is 1.11. The Morgan fingerprint density at radius 3 is 2.05 bits per heavy atom. The zero-order valence-corrected chi connectivity index (χ0v) is 14.4. The van der Waals surface area contributed by atoms with Gasteiger partial charge in [-0.3, -0.25) is 9.59 Å². The molecule has 0 saturated carbocycles. The Kier molecular flexibility index (Phi) is 5.94. The number of carbonyl (C=O) groups is 2. The van der Waals surface area contributed by atoms with Crippen molar-refractivity contribution in [2.45, 2.75) is 19.8 Å². The normalized spacial score (nSPS) is 10.1. The van der Waals surface area contributed by atoms with Gasteiger partial charge >= 0.3 is 0 Å². The summed E-state index contributed by atoms with van der Waals surface area (Å²) in [7, 11) is 0. The summed E-state index contributed by atoms with van der Waals surface area (Å²) in [6.45, 7) is 1.96. The van der Waals surface area contributed by atoms with Gasteiger partial charge in [-0.05, 0) is 77.5 Å². The van der Waals surface area contributed by atoms with Crippen LogP contribution in [0.3, 0.4) is 0 Å². The Bertz CT molecular complexity index is 651. The molecule has 0 aliphatic heterocycles. The third kappa shape index (κ3) is 4.84. The topological polar surface area (TPSA) is 58.2 Å². The predicted molar refractivity (Wildman–Crippen MR) is 97.1 cm³/mol. The number of anilines is 2. The minimum atomic E-state index is -0.173. The van der Waals surface area contributed by atoms with E-state index in [0.29, 0.717) is 17.7 Å². The number of hydrogen-bond donors (Lipinski definition) is 2. The fourth-order valence-corrected chi connectivity index (χ4v) is 2.25. The van der Waals surface area contributed by atoms with Gasteiger partial charge in [0, 0.05) is 26.9 Å². The molecule has 2 aromatic rings. The molecule has 2 rings (SSSR count). The zero-order valence-electron chi connectivity index (χ0n) is 12.2. The van der Waals surface area contributed by atoms with Gasteiger partial charge < -0.3 is 10.6 Å². The molecule has 0 spiro atoms. The van der Waals surface area contributed by atoms with E-state index in [9.17, 15) is 9.59 Å². The number of rotatable bonds is 5. The molecule has 2 amide bonds. The van der Waals surface area contributed by atoms with Crippen LogP contribution in [-0.4, -0.2) is 11.8 Å². The first-order chi connectivity index (χ1) is 10.6. The van der Waals surface area contributed by atoms with Crippen molar-refractivity contribution < 1.29 is 9.59 Å². The lowest BCUT2D eigenvalue weighted by Gasteiger charge is -2.07. The number of halogens is 1. The van der Waals surface area contributed by atoms with Crippen molar-refractivity contribution in [2.75, 3.05) is 10.6 Å². The molecular formula is C17H17IN2O2. The van der Waals surface area contributed by atoms with Crippen LogP contribution in [-0.2, 0) is 4.79 Å². The summed E-state index contributed by atoms with van der Waals surface area (Å²) in [5.41, 5.74) is 2.00. The molecule has 0 bridgehead atoms. The van der Waals surface area contributed by atoms with E-state index < -0.39 is 0 Å². The lowest BCUT2D eigenvalue weighted by Crippen LogP contribution is -2.13. The van der Waals surface area contributed by atoms with Crippen LogP contribution in [0.1, 0.15) is 30.1 Å². The minimum Gasteiger partial charge on any atom is -0.326 e. The Hall–Kier alpha value is -1.89. The first-order valence-corrected chi connectivity index (χ1v) is 8.13. The first-order valence-electron chi connectivity index (χ1n) is 7.05. The minimum absolute atomic E-state index is 0.0152. The van der Waals surface area contributed by atoms with E-state index in [1.807, 2.05) is 31.2 Å². The summed E-state index contributed by atoms with van der Waals surface area (Å²) in [5.74, 6) is -0.189. The third-order valence-corrected chi connectivity index (χ3v) is 3.73. The van der Waals surface area contributed by atoms with Gasteiger partial charge in [0.2, 0.25) is 5.91 Å².